The molecule has 0 N–H and O–H groups in total. The van der Waals surface area contributed by atoms with Gasteiger partial charge in [0.15, 0.2) is 11.6 Å². The highest BCUT2D eigenvalue weighted by Gasteiger charge is 2.09. The van der Waals surface area contributed by atoms with Crippen molar-refractivity contribution in [2.45, 2.75) is 6.54 Å². The molecule has 16 heavy (non-hydrogen) atoms. The van der Waals surface area contributed by atoms with Crippen LogP contribution in [-0.4, -0.2) is 22.0 Å². The quantitative estimate of drug-likeness (QED) is 0.785. The topological polar surface area (TPSA) is 41.9 Å². The Morgan fingerprint density at radius 1 is 1.31 bits per heavy atom. The lowest BCUT2D eigenvalue weighted by Gasteiger charge is -2.17. The van der Waals surface area contributed by atoms with Crippen molar-refractivity contribution in [2.75, 3.05) is 11.9 Å². The van der Waals surface area contributed by atoms with Crippen LogP contribution in [0, 0.1) is 5.82 Å². The average Bonchev–Trinajstić information content (AvgIpc) is 2.31. The standard InChI is InChI=1S/C11H11FN4/c1-16(7-9-4-2-3-5-14-9)11-10(12)6-13-8-15-11/h2-6,8H,7H2,1H3. The van der Waals surface area contributed by atoms with Crippen molar-refractivity contribution in [3.05, 3.63) is 48.4 Å². The van der Waals surface area contributed by atoms with Crippen LogP contribution in [0.4, 0.5) is 10.2 Å². The molecule has 0 saturated carbocycles. The smallest absolute Gasteiger partial charge is 0.183 e. The first-order chi connectivity index (χ1) is 7.77. The molecule has 0 unspecified atom stereocenters. The van der Waals surface area contributed by atoms with E-state index in [0.717, 1.165) is 11.9 Å². The molecular formula is C11H11FN4. The predicted molar refractivity (Wildman–Crippen MR) is 58.3 cm³/mol. The third-order valence-corrected chi connectivity index (χ3v) is 2.14. The zero-order valence-electron chi connectivity index (χ0n) is 8.84. The largest absolute Gasteiger partial charge is 0.351 e. The molecule has 2 aromatic rings. The van der Waals surface area contributed by atoms with Gasteiger partial charge in [-0.3, -0.25) is 4.98 Å². The summed E-state index contributed by atoms with van der Waals surface area (Å²) in [4.78, 5) is 13.4. The molecule has 0 aliphatic carbocycles. The lowest BCUT2D eigenvalue weighted by molar-refractivity contribution is 0.606. The number of hydrogen-bond donors (Lipinski definition) is 0. The van der Waals surface area contributed by atoms with Gasteiger partial charge < -0.3 is 4.90 Å². The van der Waals surface area contributed by atoms with Gasteiger partial charge in [-0.15, -0.1) is 0 Å². The molecule has 2 aromatic heterocycles. The summed E-state index contributed by atoms with van der Waals surface area (Å²) in [7, 11) is 1.76. The Balaban J connectivity index is 2.15. The zero-order valence-corrected chi connectivity index (χ0v) is 8.84. The Labute approximate surface area is 92.8 Å². The molecule has 0 radical (unpaired) electrons. The Morgan fingerprint density at radius 2 is 2.19 bits per heavy atom. The second-order valence-corrected chi connectivity index (χ2v) is 3.37. The fourth-order valence-electron chi connectivity index (χ4n) is 1.40. The van der Waals surface area contributed by atoms with E-state index in [9.17, 15) is 4.39 Å². The van der Waals surface area contributed by atoms with Gasteiger partial charge in [0.1, 0.15) is 6.33 Å². The molecular weight excluding hydrogens is 207 g/mol. The van der Waals surface area contributed by atoms with Crippen molar-refractivity contribution in [3.63, 3.8) is 0 Å². The number of anilines is 1. The summed E-state index contributed by atoms with van der Waals surface area (Å²) in [5, 5.41) is 0. The number of hydrogen-bond acceptors (Lipinski definition) is 4. The lowest BCUT2D eigenvalue weighted by atomic mass is 10.3. The van der Waals surface area contributed by atoms with Crippen LogP contribution in [0.1, 0.15) is 5.69 Å². The molecule has 0 amide bonds. The molecule has 5 heteroatoms. The SMILES string of the molecule is CN(Cc1ccccn1)c1ncncc1F. The summed E-state index contributed by atoms with van der Waals surface area (Å²) >= 11 is 0. The molecule has 82 valence electrons. The van der Waals surface area contributed by atoms with Crippen LogP contribution in [0.2, 0.25) is 0 Å². The fourth-order valence-corrected chi connectivity index (χ4v) is 1.40. The van der Waals surface area contributed by atoms with Crippen molar-refractivity contribution in [1.29, 1.82) is 0 Å². The van der Waals surface area contributed by atoms with Crippen LogP contribution in [0.15, 0.2) is 36.9 Å². The van der Waals surface area contributed by atoms with Crippen LogP contribution in [-0.2, 0) is 6.54 Å². The van der Waals surface area contributed by atoms with Crippen LogP contribution in [0.25, 0.3) is 0 Å². The normalized spacial score (nSPS) is 10.1. The summed E-state index contributed by atoms with van der Waals surface area (Å²) in [6.07, 6.45) is 4.18. The summed E-state index contributed by atoms with van der Waals surface area (Å²) < 4.78 is 13.4. The first kappa shape index (κ1) is 10.5. The Kier molecular flexibility index (Phi) is 3.05. The van der Waals surface area contributed by atoms with Gasteiger partial charge >= 0.3 is 0 Å². The van der Waals surface area contributed by atoms with Gasteiger partial charge in [0.05, 0.1) is 18.4 Å². The minimum atomic E-state index is -0.430. The van der Waals surface area contributed by atoms with E-state index in [1.54, 1.807) is 18.1 Å². The Hall–Kier alpha value is -2.04. The van der Waals surface area contributed by atoms with Crippen LogP contribution in [0.3, 0.4) is 0 Å². The molecule has 0 aliphatic heterocycles. The third-order valence-electron chi connectivity index (χ3n) is 2.14. The summed E-state index contributed by atoms with van der Waals surface area (Å²) in [6, 6.07) is 5.62. The van der Waals surface area contributed by atoms with Crippen LogP contribution < -0.4 is 4.90 Å². The van der Waals surface area contributed by atoms with E-state index in [-0.39, 0.29) is 5.82 Å². The third kappa shape index (κ3) is 2.31. The summed E-state index contributed by atoms with van der Waals surface area (Å²) in [5.74, 6) is -0.151. The second-order valence-electron chi connectivity index (χ2n) is 3.37. The van der Waals surface area contributed by atoms with Gasteiger partial charge in [-0.05, 0) is 12.1 Å². The molecule has 2 heterocycles. The molecule has 0 aromatic carbocycles. The number of rotatable bonds is 3. The molecule has 0 fully saturated rings. The van der Waals surface area contributed by atoms with E-state index in [2.05, 4.69) is 15.0 Å². The predicted octanol–water partition coefficient (Wildman–Crippen LogP) is 1.65. The number of pyridine rings is 1. The van der Waals surface area contributed by atoms with Crippen molar-refractivity contribution < 1.29 is 4.39 Å². The number of halogens is 1. The monoisotopic (exact) mass is 218 g/mol. The molecule has 4 nitrogen and oxygen atoms in total. The van der Waals surface area contributed by atoms with E-state index >= 15 is 0 Å². The molecule has 0 saturated heterocycles. The maximum absolute atomic E-state index is 13.4. The van der Waals surface area contributed by atoms with E-state index in [4.69, 9.17) is 0 Å². The van der Waals surface area contributed by atoms with Crippen LogP contribution in [0.5, 0.6) is 0 Å². The van der Waals surface area contributed by atoms with Crippen LogP contribution >= 0.6 is 0 Å². The first-order valence-corrected chi connectivity index (χ1v) is 4.84. The van der Waals surface area contributed by atoms with Gasteiger partial charge in [0.25, 0.3) is 0 Å². The van der Waals surface area contributed by atoms with Crippen molar-refractivity contribution in [2.24, 2.45) is 0 Å². The average molecular weight is 218 g/mol. The van der Waals surface area contributed by atoms with Crippen molar-refractivity contribution in [3.8, 4) is 0 Å². The van der Waals surface area contributed by atoms with Gasteiger partial charge in [-0.25, -0.2) is 14.4 Å². The minimum absolute atomic E-state index is 0.278. The summed E-state index contributed by atoms with van der Waals surface area (Å²) in [6.45, 7) is 0.509. The summed E-state index contributed by atoms with van der Waals surface area (Å²) in [5.41, 5.74) is 0.864. The number of nitrogens with zero attached hydrogens (tertiary/aromatic N) is 4. The van der Waals surface area contributed by atoms with Gasteiger partial charge in [-0.1, -0.05) is 6.07 Å². The van der Waals surface area contributed by atoms with Crippen molar-refractivity contribution >= 4 is 5.82 Å². The number of aromatic nitrogens is 3. The molecule has 0 atom stereocenters. The van der Waals surface area contributed by atoms with E-state index in [1.807, 2.05) is 18.2 Å². The Bertz CT molecular complexity index is 461. The molecule has 0 aliphatic rings. The maximum atomic E-state index is 13.4. The highest BCUT2D eigenvalue weighted by Crippen LogP contribution is 2.14. The molecule has 2 rings (SSSR count). The first-order valence-electron chi connectivity index (χ1n) is 4.84. The molecule has 0 bridgehead atoms. The van der Waals surface area contributed by atoms with Gasteiger partial charge in [0.2, 0.25) is 0 Å². The zero-order chi connectivity index (χ0) is 11.4. The van der Waals surface area contributed by atoms with E-state index < -0.39 is 5.82 Å². The van der Waals surface area contributed by atoms with E-state index in [0.29, 0.717) is 6.54 Å². The highest BCUT2D eigenvalue weighted by atomic mass is 19.1. The maximum Gasteiger partial charge on any atom is 0.183 e. The van der Waals surface area contributed by atoms with Gasteiger partial charge in [0, 0.05) is 13.2 Å². The van der Waals surface area contributed by atoms with Gasteiger partial charge in [-0.2, -0.15) is 0 Å². The molecule has 0 spiro atoms. The minimum Gasteiger partial charge on any atom is -0.351 e. The van der Waals surface area contributed by atoms with E-state index in [1.165, 1.54) is 6.33 Å². The lowest BCUT2D eigenvalue weighted by Crippen LogP contribution is -2.19. The second kappa shape index (κ2) is 4.65. The highest BCUT2D eigenvalue weighted by molar-refractivity contribution is 5.37. The Morgan fingerprint density at radius 3 is 2.88 bits per heavy atom. The fraction of sp³-hybridized carbons (Fsp3) is 0.182. The van der Waals surface area contributed by atoms with Crippen molar-refractivity contribution in [1.82, 2.24) is 15.0 Å².